The molecule has 2 nitrogen and oxygen atoms in total. The number of nitrogens with one attached hydrogen (secondary N) is 1. The second-order valence-electron chi connectivity index (χ2n) is 4.62. The molecule has 0 fully saturated rings. The number of hydrogen-bond acceptors (Lipinski definition) is 2. The molecule has 20 heavy (non-hydrogen) atoms. The Labute approximate surface area is 115 Å². The third-order valence-corrected chi connectivity index (χ3v) is 3.06. The normalized spacial score (nSPS) is 11.4. The molecule has 0 heterocycles. The van der Waals surface area contributed by atoms with Crippen LogP contribution in [0.5, 0.6) is 0 Å². The first-order valence-electron chi connectivity index (χ1n) is 6.12. The molecular weight excluding hydrogens is 265 g/mol. The molecule has 2 rings (SSSR count). The minimum atomic E-state index is -4.29. The van der Waals surface area contributed by atoms with E-state index >= 15 is 0 Å². The molecule has 5 heteroatoms. The third-order valence-electron chi connectivity index (χ3n) is 3.06. The van der Waals surface area contributed by atoms with E-state index in [1.807, 2.05) is 19.1 Å². The minimum Gasteiger partial charge on any atom is -0.398 e. The maximum Gasteiger partial charge on any atom is 0.416 e. The van der Waals surface area contributed by atoms with Crippen LogP contribution < -0.4 is 11.1 Å². The highest BCUT2D eigenvalue weighted by molar-refractivity contribution is 5.58. The smallest absolute Gasteiger partial charge is 0.398 e. The lowest BCUT2D eigenvalue weighted by atomic mass is 10.1. The van der Waals surface area contributed by atoms with Crippen LogP contribution in [-0.4, -0.2) is 0 Å². The van der Waals surface area contributed by atoms with Crippen molar-refractivity contribution >= 4 is 11.4 Å². The molecule has 0 aliphatic carbocycles. The summed E-state index contributed by atoms with van der Waals surface area (Å²) in [4.78, 5) is 0. The molecule has 0 saturated heterocycles. The number of alkyl halides is 3. The van der Waals surface area contributed by atoms with E-state index in [2.05, 4.69) is 5.32 Å². The number of anilines is 2. The van der Waals surface area contributed by atoms with Gasteiger partial charge in [-0.15, -0.1) is 0 Å². The molecule has 2 aromatic carbocycles. The molecule has 0 unspecified atom stereocenters. The number of nitrogen functional groups attached to an aromatic ring is 1. The van der Waals surface area contributed by atoms with Crippen molar-refractivity contribution in [2.75, 3.05) is 11.1 Å². The van der Waals surface area contributed by atoms with Crippen molar-refractivity contribution in [3.8, 4) is 0 Å². The van der Waals surface area contributed by atoms with Crippen LogP contribution in [-0.2, 0) is 12.7 Å². The second-order valence-corrected chi connectivity index (χ2v) is 4.62. The largest absolute Gasteiger partial charge is 0.416 e. The van der Waals surface area contributed by atoms with E-state index in [1.54, 1.807) is 6.07 Å². The van der Waals surface area contributed by atoms with Gasteiger partial charge in [0.1, 0.15) is 0 Å². The van der Waals surface area contributed by atoms with Gasteiger partial charge in [-0.05, 0) is 42.3 Å². The number of aryl methyl sites for hydroxylation is 1. The highest BCUT2D eigenvalue weighted by Crippen LogP contribution is 2.29. The van der Waals surface area contributed by atoms with Crippen molar-refractivity contribution in [3.63, 3.8) is 0 Å². The van der Waals surface area contributed by atoms with E-state index in [0.29, 0.717) is 12.2 Å². The minimum absolute atomic E-state index is 0.445. The Morgan fingerprint density at radius 3 is 2.25 bits per heavy atom. The molecule has 0 aliphatic rings. The van der Waals surface area contributed by atoms with Gasteiger partial charge >= 0.3 is 6.18 Å². The van der Waals surface area contributed by atoms with Gasteiger partial charge in [-0.25, -0.2) is 0 Å². The Hall–Kier alpha value is -2.17. The van der Waals surface area contributed by atoms with Crippen LogP contribution in [0.15, 0.2) is 42.5 Å². The summed E-state index contributed by atoms with van der Waals surface area (Å²) in [7, 11) is 0. The summed E-state index contributed by atoms with van der Waals surface area (Å²) in [6, 6.07) is 10.7. The van der Waals surface area contributed by atoms with Crippen LogP contribution in [0.4, 0.5) is 24.5 Å². The summed E-state index contributed by atoms with van der Waals surface area (Å²) in [6.07, 6.45) is -4.29. The fourth-order valence-corrected chi connectivity index (χ4v) is 1.77. The standard InChI is InChI=1S/C15H15F3N2/c1-10-2-7-13(8-14(10)19)20-9-11-3-5-12(6-4-11)15(16,17)18/h2-8,20H,9,19H2,1H3. The second kappa shape index (κ2) is 5.45. The van der Waals surface area contributed by atoms with E-state index in [4.69, 9.17) is 5.73 Å². The maximum atomic E-state index is 12.4. The Morgan fingerprint density at radius 1 is 1.05 bits per heavy atom. The van der Waals surface area contributed by atoms with Gasteiger partial charge in [-0.3, -0.25) is 0 Å². The summed E-state index contributed by atoms with van der Waals surface area (Å²) >= 11 is 0. The van der Waals surface area contributed by atoms with E-state index in [9.17, 15) is 13.2 Å². The van der Waals surface area contributed by atoms with Crippen LogP contribution >= 0.6 is 0 Å². The molecule has 2 aromatic rings. The van der Waals surface area contributed by atoms with Crippen molar-refractivity contribution in [2.24, 2.45) is 0 Å². The average Bonchev–Trinajstić information content (AvgIpc) is 2.40. The lowest BCUT2D eigenvalue weighted by molar-refractivity contribution is -0.137. The molecule has 0 atom stereocenters. The predicted octanol–water partition coefficient (Wildman–Crippen LogP) is 4.21. The van der Waals surface area contributed by atoms with E-state index in [-0.39, 0.29) is 0 Å². The highest BCUT2D eigenvalue weighted by Gasteiger charge is 2.29. The molecule has 0 spiro atoms. The molecule has 0 aliphatic heterocycles. The highest BCUT2D eigenvalue weighted by atomic mass is 19.4. The first-order valence-corrected chi connectivity index (χ1v) is 6.12. The van der Waals surface area contributed by atoms with Crippen LogP contribution in [0.1, 0.15) is 16.7 Å². The fourth-order valence-electron chi connectivity index (χ4n) is 1.77. The lowest BCUT2D eigenvalue weighted by Gasteiger charge is -2.10. The van der Waals surface area contributed by atoms with Crippen LogP contribution in [0.3, 0.4) is 0 Å². The Kier molecular flexibility index (Phi) is 3.88. The summed E-state index contributed by atoms with van der Waals surface area (Å²) in [5, 5.41) is 3.13. The van der Waals surface area contributed by atoms with Crippen molar-refractivity contribution in [1.29, 1.82) is 0 Å². The van der Waals surface area contributed by atoms with Crippen molar-refractivity contribution in [3.05, 3.63) is 59.2 Å². The molecule has 0 bridgehead atoms. The van der Waals surface area contributed by atoms with Crippen LogP contribution in [0.25, 0.3) is 0 Å². The molecule has 0 amide bonds. The molecular formula is C15H15F3N2. The zero-order valence-corrected chi connectivity index (χ0v) is 11.0. The predicted molar refractivity (Wildman–Crippen MR) is 74.4 cm³/mol. The van der Waals surface area contributed by atoms with Gasteiger partial charge in [0.2, 0.25) is 0 Å². The topological polar surface area (TPSA) is 38.0 Å². The molecule has 3 N–H and O–H groups in total. The van der Waals surface area contributed by atoms with Gasteiger partial charge in [-0.1, -0.05) is 18.2 Å². The first-order chi connectivity index (χ1) is 9.36. The number of nitrogens with two attached hydrogens (primary N) is 1. The van der Waals surface area contributed by atoms with Gasteiger partial charge in [0.05, 0.1) is 5.56 Å². The zero-order chi connectivity index (χ0) is 14.8. The van der Waals surface area contributed by atoms with Crippen LogP contribution in [0, 0.1) is 6.92 Å². The van der Waals surface area contributed by atoms with Gasteiger partial charge in [0.25, 0.3) is 0 Å². The molecule has 106 valence electrons. The Morgan fingerprint density at radius 2 is 1.70 bits per heavy atom. The molecule has 0 saturated carbocycles. The summed E-state index contributed by atoms with van der Waals surface area (Å²) < 4.78 is 37.3. The van der Waals surface area contributed by atoms with E-state index in [0.717, 1.165) is 28.9 Å². The van der Waals surface area contributed by atoms with Gasteiger partial charge < -0.3 is 11.1 Å². The van der Waals surface area contributed by atoms with E-state index in [1.165, 1.54) is 12.1 Å². The Balaban J connectivity index is 2.02. The number of rotatable bonds is 3. The lowest BCUT2D eigenvalue weighted by Crippen LogP contribution is -2.05. The van der Waals surface area contributed by atoms with Crippen LogP contribution in [0.2, 0.25) is 0 Å². The number of hydrogen-bond donors (Lipinski definition) is 2. The zero-order valence-electron chi connectivity index (χ0n) is 11.0. The van der Waals surface area contributed by atoms with Gasteiger partial charge in [0.15, 0.2) is 0 Å². The number of halogens is 3. The average molecular weight is 280 g/mol. The quantitative estimate of drug-likeness (QED) is 0.827. The SMILES string of the molecule is Cc1ccc(NCc2ccc(C(F)(F)F)cc2)cc1N. The Bertz CT molecular complexity index is 589. The molecule has 0 aromatic heterocycles. The van der Waals surface area contributed by atoms with Gasteiger partial charge in [0, 0.05) is 17.9 Å². The molecule has 0 radical (unpaired) electrons. The van der Waals surface area contributed by atoms with Crippen molar-refractivity contribution < 1.29 is 13.2 Å². The fraction of sp³-hybridized carbons (Fsp3) is 0.200. The van der Waals surface area contributed by atoms with Crippen molar-refractivity contribution in [2.45, 2.75) is 19.6 Å². The maximum absolute atomic E-state index is 12.4. The van der Waals surface area contributed by atoms with Gasteiger partial charge in [-0.2, -0.15) is 13.2 Å². The summed E-state index contributed by atoms with van der Waals surface area (Å²) in [5.74, 6) is 0. The van der Waals surface area contributed by atoms with E-state index < -0.39 is 11.7 Å². The number of benzene rings is 2. The summed E-state index contributed by atoms with van der Waals surface area (Å²) in [6.45, 7) is 2.36. The monoisotopic (exact) mass is 280 g/mol. The first kappa shape index (κ1) is 14.2. The summed E-state index contributed by atoms with van der Waals surface area (Å²) in [5.41, 5.74) is 8.44. The van der Waals surface area contributed by atoms with Crippen molar-refractivity contribution in [1.82, 2.24) is 0 Å². The third kappa shape index (κ3) is 3.44.